The number of benzene rings is 4. The highest BCUT2D eigenvalue weighted by molar-refractivity contribution is 6.32. The van der Waals surface area contributed by atoms with Gasteiger partial charge in [-0.25, -0.2) is 0 Å². The first-order chi connectivity index (χ1) is 18.6. The van der Waals surface area contributed by atoms with Gasteiger partial charge >= 0.3 is 0 Å². The predicted molar refractivity (Wildman–Crippen MR) is 148 cm³/mol. The van der Waals surface area contributed by atoms with E-state index in [0.29, 0.717) is 22.1 Å². The summed E-state index contributed by atoms with van der Waals surface area (Å²) < 4.78 is 11.2. The maximum absolute atomic E-state index is 13.8. The Kier molecular flexibility index (Phi) is 9.37. The zero-order valence-electron chi connectivity index (χ0n) is 21.0. The van der Waals surface area contributed by atoms with E-state index >= 15 is 0 Å². The summed E-state index contributed by atoms with van der Waals surface area (Å²) in [7, 11) is 1.59. The van der Waals surface area contributed by atoms with Crippen molar-refractivity contribution in [3.8, 4) is 11.5 Å². The summed E-state index contributed by atoms with van der Waals surface area (Å²) in [6, 6.07) is 32.4. The maximum atomic E-state index is 13.8. The predicted octanol–water partition coefficient (Wildman–Crippen LogP) is 5.81. The number of hydrogen-bond donors (Lipinski definition) is 1. The molecule has 1 N–H and O–H groups in total. The van der Waals surface area contributed by atoms with Crippen molar-refractivity contribution in [3.63, 3.8) is 0 Å². The Hall–Kier alpha value is -4.29. The molecule has 4 rings (SSSR count). The maximum Gasteiger partial charge on any atom is 0.261 e. The molecule has 0 bridgehead atoms. The van der Waals surface area contributed by atoms with E-state index in [4.69, 9.17) is 21.1 Å². The Balaban J connectivity index is 1.63. The monoisotopic (exact) mass is 528 g/mol. The molecular formula is C31H29ClN2O4. The second-order valence-corrected chi connectivity index (χ2v) is 8.98. The fourth-order valence-corrected chi connectivity index (χ4v) is 4.31. The molecule has 0 unspecified atom stereocenters. The van der Waals surface area contributed by atoms with E-state index in [0.717, 1.165) is 11.1 Å². The molecule has 1 atom stereocenters. The van der Waals surface area contributed by atoms with E-state index in [1.165, 1.54) is 0 Å². The minimum absolute atomic E-state index is 0.215. The quantitative estimate of drug-likeness (QED) is 0.266. The standard InChI is InChI=1S/C31H29ClN2O4/c1-37-27-18-10-8-16-25(27)20-33-31(36)30(24-14-6-3-7-15-24)34(21-23-12-4-2-5-13-23)29(35)22-38-28-19-11-9-17-26(28)32/h2-19,30H,20-22H2,1H3,(H,33,36)/t30-/m0/s1. The lowest BCUT2D eigenvalue weighted by Gasteiger charge is -2.31. The molecule has 0 heterocycles. The molecule has 0 radical (unpaired) electrons. The van der Waals surface area contributed by atoms with Crippen molar-refractivity contribution >= 4 is 23.4 Å². The van der Waals surface area contributed by atoms with Gasteiger partial charge in [0.1, 0.15) is 17.5 Å². The third-order valence-corrected chi connectivity index (χ3v) is 6.34. The molecule has 4 aromatic rings. The lowest BCUT2D eigenvalue weighted by molar-refractivity contribution is -0.143. The number of rotatable bonds is 11. The highest BCUT2D eigenvalue weighted by Crippen LogP contribution is 2.27. The van der Waals surface area contributed by atoms with Crippen LogP contribution in [0, 0.1) is 0 Å². The zero-order chi connectivity index (χ0) is 26.7. The molecule has 0 aromatic heterocycles. The first-order valence-electron chi connectivity index (χ1n) is 12.2. The van der Waals surface area contributed by atoms with E-state index in [1.54, 1.807) is 36.3 Å². The summed E-state index contributed by atoms with van der Waals surface area (Å²) in [6.07, 6.45) is 0. The van der Waals surface area contributed by atoms with Crippen LogP contribution in [0.5, 0.6) is 11.5 Å². The van der Waals surface area contributed by atoms with Crippen molar-refractivity contribution in [3.05, 3.63) is 131 Å². The highest BCUT2D eigenvalue weighted by atomic mass is 35.5. The van der Waals surface area contributed by atoms with Crippen LogP contribution in [0.2, 0.25) is 5.02 Å². The Morgan fingerprint density at radius 2 is 1.42 bits per heavy atom. The van der Waals surface area contributed by atoms with E-state index in [2.05, 4.69) is 5.32 Å². The molecule has 0 saturated heterocycles. The third kappa shape index (κ3) is 6.93. The first-order valence-corrected chi connectivity index (χ1v) is 12.6. The lowest BCUT2D eigenvalue weighted by atomic mass is 10.0. The van der Waals surface area contributed by atoms with Crippen LogP contribution in [-0.2, 0) is 22.7 Å². The van der Waals surface area contributed by atoms with Gasteiger partial charge in [-0.3, -0.25) is 9.59 Å². The van der Waals surface area contributed by atoms with Crippen molar-refractivity contribution in [1.82, 2.24) is 10.2 Å². The van der Waals surface area contributed by atoms with Crippen LogP contribution in [0.3, 0.4) is 0 Å². The van der Waals surface area contributed by atoms with Gasteiger partial charge in [-0.05, 0) is 29.3 Å². The summed E-state index contributed by atoms with van der Waals surface area (Å²) in [4.78, 5) is 29.0. The molecular weight excluding hydrogens is 500 g/mol. The van der Waals surface area contributed by atoms with Gasteiger partial charge in [0.25, 0.3) is 5.91 Å². The van der Waals surface area contributed by atoms with Gasteiger partial charge in [-0.15, -0.1) is 0 Å². The van der Waals surface area contributed by atoms with Gasteiger partial charge in [0.2, 0.25) is 5.91 Å². The number of para-hydroxylation sites is 2. The van der Waals surface area contributed by atoms with E-state index in [-0.39, 0.29) is 31.5 Å². The molecule has 0 saturated carbocycles. The number of nitrogens with one attached hydrogen (secondary N) is 1. The summed E-state index contributed by atoms with van der Waals surface area (Å²) >= 11 is 6.23. The van der Waals surface area contributed by atoms with Gasteiger partial charge in [0.05, 0.1) is 12.1 Å². The number of methoxy groups -OCH3 is 1. The number of amides is 2. The van der Waals surface area contributed by atoms with Crippen LogP contribution in [0.4, 0.5) is 0 Å². The fourth-order valence-electron chi connectivity index (χ4n) is 4.12. The Bertz CT molecular complexity index is 1350. The summed E-state index contributed by atoms with van der Waals surface area (Å²) in [5.74, 6) is 0.410. The largest absolute Gasteiger partial charge is 0.496 e. The first kappa shape index (κ1) is 26.8. The SMILES string of the molecule is COc1ccccc1CNC(=O)[C@H](c1ccccc1)N(Cc1ccccc1)C(=O)COc1ccccc1Cl. The Labute approximate surface area is 227 Å². The lowest BCUT2D eigenvalue weighted by Crippen LogP contribution is -2.45. The second kappa shape index (κ2) is 13.3. The minimum Gasteiger partial charge on any atom is -0.496 e. The van der Waals surface area contributed by atoms with Crippen molar-refractivity contribution in [2.45, 2.75) is 19.1 Å². The number of carbonyl (C=O) groups excluding carboxylic acids is 2. The van der Waals surface area contributed by atoms with Crippen LogP contribution in [0.1, 0.15) is 22.7 Å². The molecule has 7 heteroatoms. The molecule has 0 aliphatic carbocycles. The van der Waals surface area contributed by atoms with Crippen molar-refractivity contribution in [1.29, 1.82) is 0 Å². The number of nitrogens with zero attached hydrogens (tertiary/aromatic N) is 1. The van der Waals surface area contributed by atoms with Gasteiger partial charge in [-0.1, -0.05) is 103 Å². The summed E-state index contributed by atoms with van der Waals surface area (Å²) in [5, 5.41) is 3.41. The smallest absolute Gasteiger partial charge is 0.261 e. The Morgan fingerprint density at radius 3 is 2.11 bits per heavy atom. The van der Waals surface area contributed by atoms with Crippen LogP contribution in [0.25, 0.3) is 0 Å². The van der Waals surface area contributed by atoms with E-state index in [9.17, 15) is 9.59 Å². The average molecular weight is 529 g/mol. The molecule has 38 heavy (non-hydrogen) atoms. The minimum atomic E-state index is -0.895. The van der Waals surface area contributed by atoms with Crippen molar-refractivity contribution in [2.24, 2.45) is 0 Å². The van der Waals surface area contributed by atoms with Crippen molar-refractivity contribution in [2.75, 3.05) is 13.7 Å². The topological polar surface area (TPSA) is 67.9 Å². The number of hydrogen-bond acceptors (Lipinski definition) is 4. The highest BCUT2D eigenvalue weighted by Gasteiger charge is 2.32. The average Bonchev–Trinajstić information content (AvgIpc) is 2.96. The van der Waals surface area contributed by atoms with Gasteiger partial charge in [0, 0.05) is 18.7 Å². The van der Waals surface area contributed by atoms with Crippen LogP contribution >= 0.6 is 11.6 Å². The number of carbonyl (C=O) groups is 2. The third-order valence-electron chi connectivity index (χ3n) is 6.02. The molecule has 6 nitrogen and oxygen atoms in total. The molecule has 194 valence electrons. The number of ether oxygens (including phenoxy) is 2. The van der Waals surface area contributed by atoms with Crippen LogP contribution in [-0.4, -0.2) is 30.4 Å². The van der Waals surface area contributed by atoms with Gasteiger partial charge < -0.3 is 19.7 Å². The Morgan fingerprint density at radius 1 is 0.816 bits per heavy atom. The number of halogens is 1. The molecule has 0 aliphatic rings. The summed E-state index contributed by atoms with van der Waals surface area (Å²) in [6.45, 7) is 0.183. The van der Waals surface area contributed by atoms with Gasteiger partial charge in [-0.2, -0.15) is 0 Å². The molecule has 0 spiro atoms. The van der Waals surface area contributed by atoms with E-state index < -0.39 is 6.04 Å². The van der Waals surface area contributed by atoms with E-state index in [1.807, 2.05) is 84.9 Å². The van der Waals surface area contributed by atoms with Gasteiger partial charge in [0.15, 0.2) is 6.61 Å². The van der Waals surface area contributed by atoms with Crippen LogP contribution in [0.15, 0.2) is 109 Å². The summed E-state index contributed by atoms with van der Waals surface area (Å²) in [5.41, 5.74) is 2.40. The second-order valence-electron chi connectivity index (χ2n) is 8.57. The van der Waals surface area contributed by atoms with Crippen LogP contribution < -0.4 is 14.8 Å². The molecule has 2 amide bonds. The zero-order valence-corrected chi connectivity index (χ0v) is 21.8. The molecule has 4 aromatic carbocycles. The molecule has 0 fully saturated rings. The van der Waals surface area contributed by atoms with Crippen molar-refractivity contribution < 1.29 is 19.1 Å². The normalized spacial score (nSPS) is 11.3. The molecule has 0 aliphatic heterocycles. The fraction of sp³-hybridized carbons (Fsp3) is 0.161.